The lowest BCUT2D eigenvalue weighted by Gasteiger charge is -2.43. The molecule has 0 fully saturated rings. The molecule has 0 radical (unpaired) electrons. The maximum atomic E-state index is 14.1. The van der Waals surface area contributed by atoms with E-state index in [0.717, 1.165) is 31.2 Å². The molecule has 20 heteroatoms. The van der Waals surface area contributed by atoms with Crippen molar-refractivity contribution in [2.24, 2.45) is 0 Å². The monoisotopic (exact) mass is 604 g/mol. The van der Waals surface area contributed by atoms with E-state index in [2.05, 4.69) is 0 Å². The van der Waals surface area contributed by atoms with E-state index in [1.807, 2.05) is 0 Å². The molecule has 0 saturated heterocycles. The topological polar surface area (TPSA) is 18.5 Å². The lowest BCUT2D eigenvalue weighted by atomic mass is 9.88. The van der Waals surface area contributed by atoms with E-state index in [1.54, 1.807) is 0 Å². The summed E-state index contributed by atoms with van der Waals surface area (Å²) in [5.74, 6) is -56.4. The maximum absolute atomic E-state index is 14.1. The number of alkyl halides is 17. The molecule has 0 aromatic rings. The lowest BCUT2D eigenvalue weighted by Crippen LogP contribution is -2.74. The molecule has 0 aromatic heterocycles. The van der Waals surface area contributed by atoms with Gasteiger partial charge in [0, 0.05) is 19.0 Å². The highest BCUT2D eigenvalue weighted by molar-refractivity contribution is 6.66. The fourth-order valence-electron chi connectivity index (χ4n) is 2.31. The third-order valence-electron chi connectivity index (χ3n) is 4.59. The van der Waals surface area contributed by atoms with Gasteiger partial charge < -0.3 is 8.85 Å². The van der Waals surface area contributed by atoms with E-state index in [-0.39, 0.29) is 0 Å². The van der Waals surface area contributed by atoms with E-state index >= 15 is 0 Å². The summed E-state index contributed by atoms with van der Waals surface area (Å²) in [6, 6.07) is -1.47. The van der Waals surface area contributed by atoms with Crippen molar-refractivity contribution in [2.45, 2.75) is 80.5 Å². The van der Waals surface area contributed by atoms with Crippen LogP contribution in [-0.2, 0) is 8.85 Å². The van der Waals surface area contributed by atoms with Crippen LogP contribution in [0.4, 0.5) is 74.6 Å². The predicted octanol–water partition coefficient (Wildman–Crippen LogP) is 8.56. The predicted molar refractivity (Wildman–Crippen MR) is 93.5 cm³/mol. The van der Waals surface area contributed by atoms with Crippen LogP contribution in [0.3, 0.4) is 0 Å². The minimum Gasteiger partial charge on any atom is -0.519 e. The summed E-state index contributed by atoms with van der Waals surface area (Å²) >= 11 is 0. The van der Waals surface area contributed by atoms with Crippen molar-refractivity contribution in [1.29, 1.82) is 0 Å². The van der Waals surface area contributed by atoms with E-state index in [4.69, 9.17) is 8.85 Å². The molecule has 0 unspecified atom stereocenters. The van der Waals surface area contributed by atoms with Crippen LogP contribution >= 0.6 is 0 Å². The van der Waals surface area contributed by atoms with Gasteiger partial charge in [-0.05, 0) is 13.8 Å². The highest BCUT2D eigenvalue weighted by atomic mass is 28.4. The van der Waals surface area contributed by atoms with E-state index in [1.165, 1.54) is 13.8 Å². The second kappa shape index (κ2) is 10.3. The standard InChI is InChI=1S/C17H17F17O2Si/c1-4-7-35-37(3,36-8-5-2)9-6-10(18,19)11(20,21)12(22,23)13(24,25)14(26,27)15(28,29)16(30,31)17(32,33)34/h4-5,7-8H,6,9H2,1-3H3. The first-order valence-corrected chi connectivity index (χ1v) is 11.9. The Morgan fingerprint density at radius 1 is 0.514 bits per heavy atom. The lowest BCUT2D eigenvalue weighted by molar-refractivity contribution is -0.461. The van der Waals surface area contributed by atoms with Crippen molar-refractivity contribution in [3.05, 3.63) is 24.7 Å². The molecule has 0 heterocycles. The summed E-state index contributed by atoms with van der Waals surface area (Å²) in [4.78, 5) is 0. The first-order valence-electron chi connectivity index (χ1n) is 9.37. The van der Waals surface area contributed by atoms with Crippen molar-refractivity contribution in [1.82, 2.24) is 0 Å². The van der Waals surface area contributed by atoms with Crippen LogP contribution < -0.4 is 0 Å². The van der Waals surface area contributed by atoms with Crippen molar-refractivity contribution >= 4 is 8.56 Å². The third-order valence-corrected chi connectivity index (χ3v) is 7.01. The second-order valence-electron chi connectivity index (χ2n) is 7.46. The van der Waals surface area contributed by atoms with E-state index in [0.29, 0.717) is 0 Å². The van der Waals surface area contributed by atoms with Gasteiger partial charge >= 0.3 is 56.2 Å². The highest BCUT2D eigenvalue weighted by Gasteiger charge is 2.95. The minimum atomic E-state index is -8.64. The van der Waals surface area contributed by atoms with Crippen LogP contribution in [-0.4, -0.2) is 56.2 Å². The van der Waals surface area contributed by atoms with Gasteiger partial charge in [0.15, 0.2) is 0 Å². The third kappa shape index (κ3) is 5.76. The normalized spacial score (nSPS) is 17.4. The van der Waals surface area contributed by atoms with Gasteiger partial charge in [-0.2, -0.15) is 74.6 Å². The second-order valence-corrected chi connectivity index (χ2v) is 10.7. The molecular weight excluding hydrogens is 587 g/mol. The Labute approximate surface area is 198 Å². The van der Waals surface area contributed by atoms with Gasteiger partial charge in [0.25, 0.3) is 0 Å². The molecule has 2 nitrogen and oxygen atoms in total. The smallest absolute Gasteiger partial charge is 0.460 e. The van der Waals surface area contributed by atoms with E-state index in [9.17, 15) is 74.6 Å². The molecule has 0 amide bonds. The quantitative estimate of drug-likeness (QED) is 0.119. The molecule has 0 rings (SSSR count). The number of hydrogen-bond acceptors (Lipinski definition) is 2. The van der Waals surface area contributed by atoms with Crippen LogP contribution in [0, 0.1) is 0 Å². The van der Waals surface area contributed by atoms with Crippen molar-refractivity contribution < 1.29 is 83.5 Å². The molecule has 0 aliphatic rings. The molecule has 0 N–H and O–H groups in total. The number of halogens is 17. The summed E-state index contributed by atoms with van der Waals surface area (Å²) in [7, 11) is -4.11. The molecule has 37 heavy (non-hydrogen) atoms. The molecule has 0 aliphatic carbocycles. The van der Waals surface area contributed by atoms with Gasteiger partial charge in [0.1, 0.15) is 0 Å². The van der Waals surface area contributed by atoms with Crippen LogP contribution in [0.25, 0.3) is 0 Å². The maximum Gasteiger partial charge on any atom is 0.460 e. The summed E-state index contributed by atoms with van der Waals surface area (Å²) in [6.07, 6.45) is -6.66. The number of allylic oxidation sites excluding steroid dienone is 2. The first kappa shape index (κ1) is 35.1. The summed E-state index contributed by atoms with van der Waals surface area (Å²) in [5.41, 5.74) is 0. The SMILES string of the molecule is CC=CO[Si](C)(CCC(F)(F)C(F)(F)C(F)(F)C(F)(F)C(F)(F)C(F)(F)C(F)(F)C(F)(F)F)OC=CC. The molecule has 0 aromatic carbocycles. The average molecular weight is 604 g/mol. The van der Waals surface area contributed by atoms with Crippen LogP contribution in [0.15, 0.2) is 24.7 Å². The fourth-order valence-corrected chi connectivity index (χ4v) is 4.21. The Balaban J connectivity index is 6.52. The van der Waals surface area contributed by atoms with Gasteiger partial charge in [0.2, 0.25) is 0 Å². The zero-order chi connectivity index (χ0) is 30.2. The Hall–Kier alpha value is -1.89. The van der Waals surface area contributed by atoms with Gasteiger partial charge in [-0.1, -0.05) is 12.2 Å². The van der Waals surface area contributed by atoms with Gasteiger partial charge in [-0.25, -0.2) is 0 Å². The molecule has 0 bridgehead atoms. The van der Waals surface area contributed by atoms with Crippen LogP contribution in [0.1, 0.15) is 20.3 Å². The fraction of sp³-hybridized carbons (Fsp3) is 0.765. The number of rotatable bonds is 13. The van der Waals surface area contributed by atoms with Gasteiger partial charge in [0.05, 0.1) is 12.5 Å². The Kier molecular flexibility index (Phi) is 9.82. The minimum absolute atomic E-state index is 0.762. The van der Waals surface area contributed by atoms with Crippen molar-refractivity contribution in [2.75, 3.05) is 0 Å². The Morgan fingerprint density at radius 3 is 1.11 bits per heavy atom. The summed E-state index contributed by atoms with van der Waals surface area (Å²) in [5, 5.41) is 0. The number of hydrogen-bond donors (Lipinski definition) is 0. The zero-order valence-corrected chi connectivity index (χ0v) is 19.5. The Morgan fingerprint density at radius 2 is 0.811 bits per heavy atom. The van der Waals surface area contributed by atoms with Crippen LogP contribution in [0.2, 0.25) is 12.6 Å². The van der Waals surface area contributed by atoms with Crippen LogP contribution in [0.5, 0.6) is 0 Å². The molecular formula is C17H17F17O2Si. The average Bonchev–Trinajstić information content (AvgIpc) is 2.73. The van der Waals surface area contributed by atoms with Crippen molar-refractivity contribution in [3.8, 4) is 0 Å². The molecule has 0 spiro atoms. The molecule has 0 aliphatic heterocycles. The van der Waals surface area contributed by atoms with Gasteiger partial charge in [-0.3, -0.25) is 0 Å². The summed E-state index contributed by atoms with van der Waals surface area (Å²) < 4.78 is 236. The van der Waals surface area contributed by atoms with Crippen molar-refractivity contribution in [3.63, 3.8) is 0 Å². The van der Waals surface area contributed by atoms with Gasteiger partial charge in [-0.15, -0.1) is 0 Å². The Bertz CT molecular complexity index is 818. The van der Waals surface area contributed by atoms with E-state index < -0.39 is 68.7 Å². The largest absolute Gasteiger partial charge is 0.519 e. The molecule has 0 saturated carbocycles. The molecule has 0 atom stereocenters. The highest BCUT2D eigenvalue weighted by Crippen LogP contribution is 2.64. The molecule has 220 valence electrons. The first-order chi connectivity index (χ1) is 16.1. The zero-order valence-electron chi connectivity index (χ0n) is 18.5. The summed E-state index contributed by atoms with van der Waals surface area (Å²) in [6.45, 7) is 3.43.